The van der Waals surface area contributed by atoms with Crippen molar-refractivity contribution in [1.29, 1.82) is 0 Å². The number of ether oxygens (including phenoxy) is 3. The van der Waals surface area contributed by atoms with E-state index in [-0.39, 0.29) is 82.8 Å². The molecule has 1 saturated heterocycles. The number of pyridine rings is 2. The summed E-state index contributed by atoms with van der Waals surface area (Å²) in [6.45, 7) is 3.20. The summed E-state index contributed by atoms with van der Waals surface area (Å²) in [5.41, 5.74) is 1.94. The van der Waals surface area contributed by atoms with Crippen LogP contribution < -0.4 is 48.1 Å². The fraction of sp³-hybridized carbons (Fsp3) is 0.507. The third-order valence-electron chi connectivity index (χ3n) is 18.3. The molecule has 0 spiro atoms. The standard InChI is InChI=1S/C67H82ClN11O20/c1-5-67(96)39-23-45-57-37(29-79(45)63(93)38(39)31-98-65(67)95)56-41(16-15-36-34(2)40(68)24-43(76-57)55(36)56)77-64(94)66(3,4)32-97-33-73-51(84)27-72-62(92)44(22-35-12-8-6-9-13-35)75-52(85)28-70-50(83)26-71-61(91)42(74-49(82)14-10-7-11-21-78-53(86)19-20-54(78)87)17-18-48(81)69-25-46-58(88)60(90)59(89)47(30-80)99-46/h6,8-9,12-13,19-20,23-24,41-42,44,46-47,58-60,80,88-90,96H,5,7,10-11,14-18,21-22,25-33H2,1-4H3,(H,69,81)(H,70,83)(H,71,91)(H,72,92)(H,73,84)(H,74,82)(H,75,85)(H,77,94)/t41-,42?,44-,46-,47+,58-,59+,60+,67-/m0/s1. The quantitative estimate of drug-likeness (QED) is 0.00992. The molecule has 0 radical (unpaired) electrons. The fourth-order valence-electron chi connectivity index (χ4n) is 12.6. The van der Waals surface area contributed by atoms with E-state index in [2.05, 4.69) is 42.5 Å². The van der Waals surface area contributed by atoms with E-state index in [1.165, 1.54) is 4.57 Å². The first-order chi connectivity index (χ1) is 47.1. The number of halogens is 1. The zero-order valence-corrected chi connectivity index (χ0v) is 55.8. The van der Waals surface area contributed by atoms with Crippen LogP contribution in [0, 0.1) is 12.3 Å². The Hall–Kier alpha value is -9.08. The Labute approximate surface area is 572 Å². The number of aliphatic hydroxyl groups excluding tert-OH is 4. The smallest absolute Gasteiger partial charge is 0.343 e. The van der Waals surface area contributed by atoms with E-state index in [0.717, 1.165) is 39.1 Å². The summed E-state index contributed by atoms with van der Waals surface area (Å²) in [5, 5.41) is 73.5. The molecular weight excluding hydrogens is 1310 g/mol. The van der Waals surface area contributed by atoms with Crippen molar-refractivity contribution in [2.24, 2.45) is 5.41 Å². The zero-order valence-electron chi connectivity index (χ0n) is 55.0. The van der Waals surface area contributed by atoms with Crippen LogP contribution in [0.15, 0.2) is 59.4 Å². The minimum atomic E-state index is -2.04. The highest BCUT2D eigenvalue weighted by atomic mass is 35.5. The van der Waals surface area contributed by atoms with Crippen LogP contribution in [-0.2, 0) is 98.5 Å². The minimum absolute atomic E-state index is 0.0362. The normalized spacial score (nSPS) is 21.1. The van der Waals surface area contributed by atoms with Crippen molar-refractivity contribution in [3.63, 3.8) is 0 Å². The van der Waals surface area contributed by atoms with Crippen LogP contribution in [0.25, 0.3) is 22.3 Å². The third-order valence-corrected chi connectivity index (χ3v) is 18.7. The molecule has 0 bridgehead atoms. The van der Waals surface area contributed by atoms with Gasteiger partial charge in [-0.1, -0.05) is 55.3 Å². The van der Waals surface area contributed by atoms with Crippen molar-refractivity contribution < 1.29 is 92.5 Å². The molecule has 9 rings (SSSR count). The summed E-state index contributed by atoms with van der Waals surface area (Å²) in [4.78, 5) is 164. The van der Waals surface area contributed by atoms with E-state index in [0.29, 0.717) is 58.7 Å². The lowest BCUT2D eigenvalue weighted by Gasteiger charge is -2.40. The number of nitrogens with one attached hydrogen (secondary N) is 8. The van der Waals surface area contributed by atoms with E-state index in [9.17, 15) is 83.1 Å². The van der Waals surface area contributed by atoms with E-state index >= 15 is 0 Å². The number of aryl methyl sites for hydroxylation is 1. The van der Waals surface area contributed by atoms with Crippen LogP contribution in [-0.4, -0.2) is 200 Å². The summed E-state index contributed by atoms with van der Waals surface area (Å²) >= 11 is 6.77. The third kappa shape index (κ3) is 17.1. The highest BCUT2D eigenvalue weighted by molar-refractivity contribution is 6.32. The lowest BCUT2D eigenvalue weighted by atomic mass is 9.81. The maximum atomic E-state index is 14.3. The van der Waals surface area contributed by atoms with Crippen molar-refractivity contribution in [3.05, 3.63) is 109 Å². The first-order valence-electron chi connectivity index (χ1n) is 32.7. The van der Waals surface area contributed by atoms with Crippen LogP contribution in [0.1, 0.15) is 117 Å². The number of imide groups is 1. The van der Waals surface area contributed by atoms with Gasteiger partial charge in [0.15, 0.2) is 5.60 Å². The first-order valence-corrected chi connectivity index (χ1v) is 33.0. The zero-order chi connectivity index (χ0) is 71.6. The molecule has 5 aliphatic rings. The molecule has 9 atom stereocenters. The van der Waals surface area contributed by atoms with E-state index < -0.39 is 163 Å². The van der Waals surface area contributed by atoms with Gasteiger partial charge in [-0.25, -0.2) is 9.78 Å². The number of esters is 1. The molecule has 1 unspecified atom stereocenters. The van der Waals surface area contributed by atoms with Gasteiger partial charge in [0.05, 0.1) is 73.3 Å². The second-order valence-corrected chi connectivity index (χ2v) is 26.1. The van der Waals surface area contributed by atoms with Gasteiger partial charge in [0.25, 0.3) is 17.4 Å². The highest BCUT2D eigenvalue weighted by Gasteiger charge is 2.47. The van der Waals surface area contributed by atoms with Crippen molar-refractivity contribution in [3.8, 4) is 11.4 Å². The second-order valence-electron chi connectivity index (χ2n) is 25.7. The Bertz CT molecular complexity index is 3900. The van der Waals surface area contributed by atoms with Crippen LogP contribution in [0.2, 0.25) is 5.02 Å². The van der Waals surface area contributed by atoms with Gasteiger partial charge in [-0.15, -0.1) is 0 Å². The van der Waals surface area contributed by atoms with Crippen molar-refractivity contribution in [2.45, 2.75) is 159 Å². The van der Waals surface area contributed by atoms with Gasteiger partial charge in [0.2, 0.25) is 47.3 Å². The summed E-state index contributed by atoms with van der Waals surface area (Å²) in [6.07, 6.45) is -3.88. The molecule has 1 fully saturated rings. The Morgan fingerprint density at radius 1 is 0.778 bits per heavy atom. The molecule has 1 aliphatic carbocycles. The summed E-state index contributed by atoms with van der Waals surface area (Å²) in [5.74, 6) is -7.49. The topological polar surface area (TPSA) is 451 Å². The largest absolute Gasteiger partial charge is 0.458 e. The highest BCUT2D eigenvalue weighted by Crippen LogP contribution is 2.47. The summed E-state index contributed by atoms with van der Waals surface area (Å²) < 4.78 is 18.0. The Morgan fingerprint density at radius 3 is 2.14 bits per heavy atom. The lowest BCUT2D eigenvalue weighted by molar-refractivity contribution is -0.227. The lowest BCUT2D eigenvalue weighted by Crippen LogP contribution is -2.60. The molecule has 32 heteroatoms. The predicted molar refractivity (Wildman–Crippen MR) is 350 cm³/mol. The minimum Gasteiger partial charge on any atom is -0.458 e. The molecule has 4 aromatic rings. The molecule has 2 aromatic heterocycles. The van der Waals surface area contributed by atoms with Gasteiger partial charge < -0.3 is 86.8 Å². The van der Waals surface area contributed by atoms with Gasteiger partial charge in [-0.2, -0.15) is 0 Å². The van der Waals surface area contributed by atoms with E-state index in [4.69, 9.17) is 30.8 Å². The van der Waals surface area contributed by atoms with Crippen molar-refractivity contribution >= 4 is 87.5 Å². The van der Waals surface area contributed by atoms with Crippen molar-refractivity contribution in [1.82, 2.24) is 57.0 Å². The SMILES string of the molecule is CC[C@@]1(O)C(=O)OCc2c1cc1n(c2=O)Cc2c-1nc1cc(Cl)c(C)c3c1c2[C@@H](NC(=O)C(C)(C)COCNC(=O)CNC(=O)[C@H](Cc1ccccc1)NC(=O)CNC(=O)CNC(=O)C(CCC(=O)NC[C@@H]1O[C@H](CO)[C@@H](O)[C@H](O)[C@H]1O)NC(=O)CCCCCN1C(=O)C=CC1=O)CC3. The molecule has 2 aromatic carbocycles. The molecule has 4 aliphatic heterocycles. The number of fused-ring (bicyclic) bond motifs is 5. The van der Waals surface area contributed by atoms with Crippen LogP contribution >= 0.6 is 11.6 Å². The number of aliphatic hydroxyl groups is 5. The molecule has 6 heterocycles. The van der Waals surface area contributed by atoms with Crippen molar-refractivity contribution in [2.75, 3.05) is 52.7 Å². The predicted octanol–water partition coefficient (Wildman–Crippen LogP) is -1.95. The Morgan fingerprint density at radius 2 is 1.44 bits per heavy atom. The molecular formula is C67H82ClN11O20. The maximum absolute atomic E-state index is 14.3. The first kappa shape index (κ1) is 74.2. The van der Waals surface area contributed by atoms with Crippen LogP contribution in [0.3, 0.4) is 0 Å². The van der Waals surface area contributed by atoms with Gasteiger partial charge in [-0.05, 0) is 93.7 Å². The van der Waals surface area contributed by atoms with Gasteiger partial charge in [0, 0.05) is 66.0 Å². The number of cyclic esters (lactones) is 1. The number of aromatic nitrogens is 2. The Balaban J connectivity index is 0.744. The number of hydrogen-bond donors (Lipinski definition) is 13. The molecule has 13 N–H and O–H groups in total. The van der Waals surface area contributed by atoms with Gasteiger partial charge >= 0.3 is 5.97 Å². The van der Waals surface area contributed by atoms with E-state index in [1.54, 1.807) is 63.2 Å². The molecule has 532 valence electrons. The second kappa shape index (κ2) is 32.3. The number of nitrogens with zero attached hydrogens (tertiary/aromatic N) is 3. The van der Waals surface area contributed by atoms with Crippen LogP contribution in [0.4, 0.5) is 0 Å². The monoisotopic (exact) mass is 1400 g/mol. The molecule has 99 heavy (non-hydrogen) atoms. The average molecular weight is 1400 g/mol. The van der Waals surface area contributed by atoms with Gasteiger partial charge in [-0.3, -0.25) is 57.6 Å². The maximum Gasteiger partial charge on any atom is 0.343 e. The molecule has 0 saturated carbocycles. The number of rotatable bonds is 31. The number of hydrogen-bond acceptors (Lipinski definition) is 21. The summed E-state index contributed by atoms with van der Waals surface area (Å²) in [7, 11) is 0. The Kier molecular flexibility index (Phi) is 24.2. The number of unbranched alkanes of at least 4 members (excludes halogenated alkanes) is 2. The van der Waals surface area contributed by atoms with E-state index in [1.807, 2.05) is 6.92 Å². The number of carbonyl (C=O) groups is 11. The number of amides is 10. The molecule has 10 amide bonds. The number of benzene rings is 2. The average Bonchev–Trinajstić information content (AvgIpc) is 1.59. The number of carbonyl (C=O) groups excluding carboxylic acids is 11. The molecule has 31 nitrogen and oxygen atoms in total. The van der Waals surface area contributed by atoms with Gasteiger partial charge in [0.1, 0.15) is 55.9 Å². The summed E-state index contributed by atoms with van der Waals surface area (Å²) in [6, 6.07) is 8.71. The fourth-order valence-corrected chi connectivity index (χ4v) is 12.8. The van der Waals surface area contributed by atoms with Crippen LogP contribution in [0.5, 0.6) is 0 Å².